The SMILES string of the molecule is C=C1N=CC(Br)=CNC12CCC2. The molecule has 0 unspecified atom stereocenters. The van der Waals surface area contributed by atoms with E-state index in [4.69, 9.17) is 0 Å². The number of halogens is 1. The third-order valence-corrected chi connectivity index (χ3v) is 3.02. The van der Waals surface area contributed by atoms with Gasteiger partial charge in [-0.25, -0.2) is 0 Å². The summed E-state index contributed by atoms with van der Waals surface area (Å²) < 4.78 is 0.979. The summed E-state index contributed by atoms with van der Waals surface area (Å²) in [7, 11) is 0. The van der Waals surface area contributed by atoms with Crippen LogP contribution in [-0.2, 0) is 0 Å². The maximum absolute atomic E-state index is 4.28. The Labute approximate surface area is 80.6 Å². The van der Waals surface area contributed by atoms with Crippen LogP contribution in [0.1, 0.15) is 19.3 Å². The van der Waals surface area contributed by atoms with E-state index in [2.05, 4.69) is 32.8 Å². The molecule has 2 rings (SSSR count). The van der Waals surface area contributed by atoms with E-state index >= 15 is 0 Å². The highest BCUT2D eigenvalue weighted by Crippen LogP contribution is 2.39. The number of nitrogens with one attached hydrogen (secondary N) is 1. The standard InChI is InChI=1S/C9H11BrN2/c1-7-9(3-2-4-9)12-6-8(10)5-11-7/h5-6,12H,1-4H2. The molecule has 1 aliphatic heterocycles. The van der Waals surface area contributed by atoms with Crippen LogP contribution in [0, 0.1) is 0 Å². The van der Waals surface area contributed by atoms with Gasteiger partial charge in [-0.15, -0.1) is 0 Å². The molecule has 0 aromatic carbocycles. The second-order valence-electron chi connectivity index (χ2n) is 3.31. The van der Waals surface area contributed by atoms with Crippen LogP contribution < -0.4 is 5.32 Å². The number of nitrogens with zero attached hydrogens (tertiary/aromatic N) is 1. The van der Waals surface area contributed by atoms with Crippen molar-refractivity contribution in [3.8, 4) is 0 Å². The van der Waals surface area contributed by atoms with E-state index in [0.29, 0.717) is 0 Å². The molecule has 0 saturated heterocycles. The Bertz CT molecular complexity index is 274. The molecule has 0 aromatic rings. The number of aliphatic imine (C=N–C) groups is 1. The van der Waals surface area contributed by atoms with Gasteiger partial charge in [0, 0.05) is 12.4 Å². The van der Waals surface area contributed by atoms with Gasteiger partial charge in [0.05, 0.1) is 15.7 Å². The maximum atomic E-state index is 4.28. The summed E-state index contributed by atoms with van der Waals surface area (Å²) in [6, 6.07) is 0. The van der Waals surface area contributed by atoms with Crippen molar-refractivity contribution >= 4 is 22.1 Å². The van der Waals surface area contributed by atoms with Gasteiger partial charge in [-0.1, -0.05) is 6.58 Å². The topological polar surface area (TPSA) is 24.4 Å². The smallest absolute Gasteiger partial charge is 0.0785 e. The van der Waals surface area contributed by atoms with Crippen LogP contribution in [-0.4, -0.2) is 11.8 Å². The van der Waals surface area contributed by atoms with Crippen LogP contribution >= 0.6 is 15.9 Å². The summed E-state index contributed by atoms with van der Waals surface area (Å²) in [5.41, 5.74) is 1.03. The highest BCUT2D eigenvalue weighted by molar-refractivity contribution is 9.12. The third kappa shape index (κ3) is 1.12. The molecule has 0 aromatic heterocycles. The lowest BCUT2D eigenvalue weighted by Crippen LogP contribution is -2.49. The Morgan fingerprint density at radius 3 is 2.92 bits per heavy atom. The van der Waals surface area contributed by atoms with Crippen molar-refractivity contribution in [1.82, 2.24) is 5.32 Å². The first-order valence-electron chi connectivity index (χ1n) is 4.10. The monoisotopic (exact) mass is 226 g/mol. The first kappa shape index (κ1) is 8.05. The second kappa shape index (κ2) is 2.73. The number of hydrogen-bond donors (Lipinski definition) is 1. The fourth-order valence-electron chi connectivity index (χ4n) is 1.55. The summed E-state index contributed by atoms with van der Waals surface area (Å²) in [6.07, 6.45) is 7.33. The normalized spacial score (nSPS) is 25.8. The van der Waals surface area contributed by atoms with Gasteiger partial charge in [0.25, 0.3) is 0 Å². The molecule has 0 atom stereocenters. The van der Waals surface area contributed by atoms with Crippen LogP contribution in [0.4, 0.5) is 0 Å². The molecule has 1 aliphatic carbocycles. The van der Waals surface area contributed by atoms with E-state index in [1.807, 2.05) is 6.20 Å². The molecule has 1 heterocycles. The van der Waals surface area contributed by atoms with Crippen molar-refractivity contribution in [1.29, 1.82) is 0 Å². The first-order chi connectivity index (χ1) is 5.73. The fourth-order valence-corrected chi connectivity index (χ4v) is 1.77. The van der Waals surface area contributed by atoms with Gasteiger partial charge < -0.3 is 5.32 Å². The predicted octanol–water partition coefficient (Wildman–Crippen LogP) is 2.33. The minimum atomic E-state index is 0.0754. The zero-order valence-corrected chi connectivity index (χ0v) is 8.39. The lowest BCUT2D eigenvalue weighted by atomic mass is 9.75. The number of hydrogen-bond acceptors (Lipinski definition) is 2. The lowest BCUT2D eigenvalue weighted by Gasteiger charge is -2.41. The molecule has 2 aliphatic rings. The average molecular weight is 227 g/mol. The fraction of sp³-hybridized carbons (Fsp3) is 0.444. The van der Waals surface area contributed by atoms with E-state index in [1.165, 1.54) is 6.42 Å². The van der Waals surface area contributed by atoms with Crippen LogP contribution in [0.25, 0.3) is 0 Å². The predicted molar refractivity (Wildman–Crippen MR) is 54.4 cm³/mol. The van der Waals surface area contributed by atoms with Crippen LogP contribution in [0.5, 0.6) is 0 Å². The molecule has 0 amide bonds. The first-order valence-corrected chi connectivity index (χ1v) is 4.89. The molecule has 0 radical (unpaired) electrons. The van der Waals surface area contributed by atoms with E-state index in [1.54, 1.807) is 6.21 Å². The van der Waals surface area contributed by atoms with Gasteiger partial charge >= 0.3 is 0 Å². The summed E-state index contributed by atoms with van der Waals surface area (Å²) in [6.45, 7) is 3.97. The molecule has 1 N–H and O–H groups in total. The number of rotatable bonds is 0. The average Bonchev–Trinajstić information content (AvgIpc) is 2.11. The van der Waals surface area contributed by atoms with Crippen LogP contribution in [0.15, 0.2) is 28.0 Å². The molecule has 1 saturated carbocycles. The Kier molecular flexibility index (Phi) is 1.83. The van der Waals surface area contributed by atoms with Gasteiger partial charge in [0.1, 0.15) is 0 Å². The minimum Gasteiger partial charge on any atom is -0.379 e. The molecule has 2 nitrogen and oxygen atoms in total. The van der Waals surface area contributed by atoms with E-state index in [9.17, 15) is 0 Å². The van der Waals surface area contributed by atoms with Crippen molar-refractivity contribution in [3.63, 3.8) is 0 Å². The minimum absolute atomic E-state index is 0.0754. The Hall–Kier alpha value is -0.570. The van der Waals surface area contributed by atoms with Crippen molar-refractivity contribution in [2.24, 2.45) is 4.99 Å². The van der Waals surface area contributed by atoms with Crippen molar-refractivity contribution < 1.29 is 0 Å². The zero-order valence-electron chi connectivity index (χ0n) is 6.81. The number of allylic oxidation sites excluding steroid dienone is 1. The van der Waals surface area contributed by atoms with Gasteiger partial charge in [0.15, 0.2) is 0 Å². The summed E-state index contributed by atoms with van der Waals surface area (Å²) >= 11 is 3.38. The molecular weight excluding hydrogens is 216 g/mol. The van der Waals surface area contributed by atoms with Crippen molar-refractivity contribution in [3.05, 3.63) is 23.0 Å². The van der Waals surface area contributed by atoms with Gasteiger partial charge in [0.2, 0.25) is 0 Å². The van der Waals surface area contributed by atoms with E-state index in [-0.39, 0.29) is 5.54 Å². The highest BCUT2D eigenvalue weighted by atomic mass is 79.9. The van der Waals surface area contributed by atoms with Crippen molar-refractivity contribution in [2.75, 3.05) is 0 Å². The molecule has 3 heteroatoms. The van der Waals surface area contributed by atoms with Crippen molar-refractivity contribution in [2.45, 2.75) is 24.8 Å². The van der Waals surface area contributed by atoms with Crippen LogP contribution in [0.3, 0.4) is 0 Å². The molecule has 1 spiro atoms. The molecular formula is C9H11BrN2. The highest BCUT2D eigenvalue weighted by Gasteiger charge is 2.39. The van der Waals surface area contributed by atoms with E-state index in [0.717, 1.165) is 23.0 Å². The summed E-state index contributed by atoms with van der Waals surface area (Å²) in [5.74, 6) is 0. The van der Waals surface area contributed by atoms with Gasteiger partial charge in [-0.05, 0) is 35.2 Å². The third-order valence-electron chi connectivity index (χ3n) is 2.59. The molecule has 12 heavy (non-hydrogen) atoms. The summed E-state index contributed by atoms with van der Waals surface area (Å²) in [5, 5.41) is 3.36. The Morgan fingerprint density at radius 2 is 2.33 bits per heavy atom. The molecule has 1 fully saturated rings. The van der Waals surface area contributed by atoms with Gasteiger partial charge in [-0.2, -0.15) is 0 Å². The largest absolute Gasteiger partial charge is 0.379 e. The maximum Gasteiger partial charge on any atom is 0.0785 e. The Morgan fingerprint density at radius 1 is 1.58 bits per heavy atom. The second-order valence-corrected chi connectivity index (χ2v) is 4.23. The lowest BCUT2D eigenvalue weighted by molar-refractivity contribution is 0.255. The van der Waals surface area contributed by atoms with Crippen LogP contribution in [0.2, 0.25) is 0 Å². The molecule has 64 valence electrons. The quantitative estimate of drug-likeness (QED) is 0.674. The Balaban J connectivity index is 2.26. The molecule has 0 bridgehead atoms. The zero-order chi connectivity index (χ0) is 8.60. The van der Waals surface area contributed by atoms with Gasteiger partial charge in [-0.3, -0.25) is 4.99 Å². The van der Waals surface area contributed by atoms with E-state index < -0.39 is 0 Å². The summed E-state index contributed by atoms with van der Waals surface area (Å²) in [4.78, 5) is 4.28.